The van der Waals surface area contributed by atoms with E-state index in [4.69, 9.17) is 11.5 Å². The van der Waals surface area contributed by atoms with Gasteiger partial charge in [0, 0.05) is 6.42 Å². The molecule has 208 valence electrons. The first kappa shape index (κ1) is 32.0. The lowest BCUT2D eigenvalue weighted by Crippen LogP contribution is -2.58. The van der Waals surface area contributed by atoms with Crippen LogP contribution in [0.5, 0.6) is 0 Å². The van der Waals surface area contributed by atoms with E-state index < -0.39 is 47.9 Å². The van der Waals surface area contributed by atoms with Gasteiger partial charge in [0.2, 0.25) is 17.7 Å². The SMILES string of the molecule is CCC(C)C(N)C(=O)NC(CCCCN)C(=O)NC(Cc1ccccc1)C(=O)NC(CC(C)C)C(=O)O. The highest BCUT2D eigenvalue weighted by molar-refractivity contribution is 5.94. The number of nitrogens with one attached hydrogen (secondary N) is 3. The fourth-order valence-electron chi connectivity index (χ4n) is 3.84. The van der Waals surface area contributed by atoms with Crippen molar-refractivity contribution in [3.63, 3.8) is 0 Å². The molecule has 5 atom stereocenters. The molecule has 0 aliphatic rings. The highest BCUT2D eigenvalue weighted by Gasteiger charge is 2.31. The summed E-state index contributed by atoms with van der Waals surface area (Å²) in [7, 11) is 0. The first-order chi connectivity index (χ1) is 17.5. The molecule has 0 saturated heterocycles. The standard InChI is InChI=1S/C27H45N5O5/c1-5-18(4)23(29)26(35)30-20(13-9-10-14-28)24(33)31-21(16-19-11-7-6-8-12-19)25(34)32-22(27(36)37)15-17(2)3/h6-8,11-12,17-18,20-23H,5,9-10,13-16,28-29H2,1-4H3,(H,30,35)(H,31,33)(H,32,34)(H,36,37). The largest absolute Gasteiger partial charge is 0.480 e. The third-order valence-electron chi connectivity index (χ3n) is 6.38. The summed E-state index contributed by atoms with van der Waals surface area (Å²) in [6.07, 6.45) is 2.70. The van der Waals surface area contributed by atoms with Gasteiger partial charge in [-0.1, -0.05) is 64.4 Å². The summed E-state index contributed by atoms with van der Waals surface area (Å²) in [5.41, 5.74) is 12.5. The molecular formula is C27H45N5O5. The van der Waals surface area contributed by atoms with Crippen LogP contribution >= 0.6 is 0 Å². The van der Waals surface area contributed by atoms with Gasteiger partial charge in [-0.15, -0.1) is 0 Å². The van der Waals surface area contributed by atoms with Crippen molar-refractivity contribution in [2.24, 2.45) is 23.3 Å². The number of amides is 3. The molecule has 0 spiro atoms. The number of aliphatic carboxylic acids is 1. The van der Waals surface area contributed by atoms with Crippen molar-refractivity contribution in [3.05, 3.63) is 35.9 Å². The Morgan fingerprint density at radius 2 is 1.43 bits per heavy atom. The molecule has 0 bridgehead atoms. The number of nitrogens with two attached hydrogens (primary N) is 2. The molecule has 10 nitrogen and oxygen atoms in total. The number of unbranched alkanes of at least 4 members (excludes halogenated alkanes) is 1. The minimum atomic E-state index is -1.14. The molecule has 1 rings (SSSR count). The first-order valence-corrected chi connectivity index (χ1v) is 13.1. The normalized spacial score (nSPS) is 15.2. The van der Waals surface area contributed by atoms with Crippen LogP contribution in [0.25, 0.3) is 0 Å². The number of hydrogen-bond acceptors (Lipinski definition) is 6. The fourth-order valence-corrected chi connectivity index (χ4v) is 3.84. The van der Waals surface area contributed by atoms with Crippen molar-refractivity contribution < 1.29 is 24.3 Å². The van der Waals surface area contributed by atoms with Crippen LogP contribution < -0.4 is 27.4 Å². The van der Waals surface area contributed by atoms with Gasteiger partial charge in [0.1, 0.15) is 18.1 Å². The van der Waals surface area contributed by atoms with E-state index >= 15 is 0 Å². The van der Waals surface area contributed by atoms with Gasteiger partial charge in [0.15, 0.2) is 0 Å². The lowest BCUT2D eigenvalue weighted by atomic mass is 9.98. The second-order valence-electron chi connectivity index (χ2n) is 10.0. The summed E-state index contributed by atoms with van der Waals surface area (Å²) >= 11 is 0. The molecule has 0 radical (unpaired) electrons. The van der Waals surface area contributed by atoms with Crippen LogP contribution in [0.15, 0.2) is 30.3 Å². The molecule has 0 aromatic heterocycles. The van der Waals surface area contributed by atoms with Gasteiger partial charge in [-0.3, -0.25) is 14.4 Å². The minimum Gasteiger partial charge on any atom is -0.480 e. The Morgan fingerprint density at radius 3 is 1.97 bits per heavy atom. The van der Waals surface area contributed by atoms with Gasteiger partial charge in [-0.2, -0.15) is 0 Å². The number of carbonyl (C=O) groups excluding carboxylic acids is 3. The van der Waals surface area contributed by atoms with E-state index in [2.05, 4.69) is 16.0 Å². The van der Waals surface area contributed by atoms with Crippen molar-refractivity contribution in [1.29, 1.82) is 0 Å². The Bertz CT molecular complexity index is 864. The van der Waals surface area contributed by atoms with Gasteiger partial charge in [-0.25, -0.2) is 4.79 Å². The van der Waals surface area contributed by atoms with E-state index in [0.717, 1.165) is 5.56 Å². The van der Waals surface area contributed by atoms with Crippen LogP contribution in [0.1, 0.15) is 65.4 Å². The molecule has 5 unspecified atom stereocenters. The Labute approximate surface area is 220 Å². The van der Waals surface area contributed by atoms with E-state index in [1.165, 1.54) is 0 Å². The molecule has 8 N–H and O–H groups in total. The van der Waals surface area contributed by atoms with Crippen LogP contribution in [-0.2, 0) is 25.6 Å². The lowest BCUT2D eigenvalue weighted by Gasteiger charge is -2.26. The van der Waals surface area contributed by atoms with Gasteiger partial charge < -0.3 is 32.5 Å². The highest BCUT2D eigenvalue weighted by atomic mass is 16.4. The summed E-state index contributed by atoms with van der Waals surface area (Å²) < 4.78 is 0. The molecule has 3 amide bonds. The Kier molecular flexibility index (Phi) is 14.5. The van der Waals surface area contributed by atoms with Crippen LogP contribution in [0, 0.1) is 11.8 Å². The van der Waals surface area contributed by atoms with E-state index in [0.29, 0.717) is 32.2 Å². The van der Waals surface area contributed by atoms with E-state index in [-0.39, 0.29) is 24.7 Å². The summed E-state index contributed by atoms with van der Waals surface area (Å²) in [5, 5.41) is 17.6. The molecule has 10 heteroatoms. The zero-order valence-corrected chi connectivity index (χ0v) is 22.5. The van der Waals surface area contributed by atoms with Crippen LogP contribution in [-0.4, -0.2) is 59.5 Å². The topological polar surface area (TPSA) is 177 Å². The predicted molar refractivity (Wildman–Crippen MR) is 143 cm³/mol. The summed E-state index contributed by atoms with van der Waals surface area (Å²) in [4.78, 5) is 51.0. The second kappa shape index (κ2) is 16.7. The second-order valence-corrected chi connectivity index (χ2v) is 10.0. The van der Waals surface area contributed by atoms with Crippen LogP contribution in [0.4, 0.5) is 0 Å². The number of rotatable bonds is 17. The van der Waals surface area contributed by atoms with Crippen LogP contribution in [0.3, 0.4) is 0 Å². The van der Waals surface area contributed by atoms with Gasteiger partial charge in [0.25, 0.3) is 0 Å². The van der Waals surface area contributed by atoms with E-state index in [9.17, 15) is 24.3 Å². The van der Waals surface area contributed by atoms with E-state index in [1.54, 1.807) is 0 Å². The third kappa shape index (κ3) is 11.7. The van der Waals surface area contributed by atoms with Crippen molar-refractivity contribution in [2.45, 2.75) is 90.4 Å². The molecule has 0 aliphatic carbocycles. The quantitative estimate of drug-likeness (QED) is 0.168. The maximum atomic E-state index is 13.3. The number of hydrogen-bond donors (Lipinski definition) is 6. The van der Waals surface area contributed by atoms with Crippen molar-refractivity contribution in [1.82, 2.24) is 16.0 Å². The van der Waals surface area contributed by atoms with Crippen molar-refractivity contribution in [3.8, 4) is 0 Å². The zero-order valence-electron chi connectivity index (χ0n) is 22.5. The zero-order chi connectivity index (χ0) is 28.0. The number of benzene rings is 1. The lowest BCUT2D eigenvalue weighted by molar-refractivity contribution is -0.142. The average Bonchev–Trinajstić information content (AvgIpc) is 2.86. The van der Waals surface area contributed by atoms with Crippen molar-refractivity contribution >= 4 is 23.7 Å². The molecule has 0 heterocycles. The van der Waals surface area contributed by atoms with Crippen LogP contribution in [0.2, 0.25) is 0 Å². The van der Waals surface area contributed by atoms with Gasteiger partial charge in [-0.05, 0) is 49.6 Å². The Morgan fingerprint density at radius 1 is 0.865 bits per heavy atom. The Balaban J connectivity index is 3.13. The molecule has 1 aromatic carbocycles. The van der Waals surface area contributed by atoms with Crippen molar-refractivity contribution in [2.75, 3.05) is 6.54 Å². The number of carboxylic acid groups (broad SMARTS) is 1. The minimum absolute atomic E-state index is 0.0421. The summed E-state index contributed by atoms with van der Waals surface area (Å²) in [6, 6.07) is 5.30. The molecular weight excluding hydrogens is 474 g/mol. The smallest absolute Gasteiger partial charge is 0.326 e. The highest BCUT2D eigenvalue weighted by Crippen LogP contribution is 2.10. The maximum Gasteiger partial charge on any atom is 0.326 e. The average molecular weight is 520 g/mol. The van der Waals surface area contributed by atoms with Gasteiger partial charge in [0.05, 0.1) is 6.04 Å². The Hall–Kier alpha value is -2.98. The fraction of sp³-hybridized carbons (Fsp3) is 0.630. The molecule has 37 heavy (non-hydrogen) atoms. The maximum absolute atomic E-state index is 13.3. The van der Waals surface area contributed by atoms with E-state index in [1.807, 2.05) is 58.0 Å². The molecule has 0 fully saturated rings. The molecule has 0 saturated carbocycles. The number of carbonyl (C=O) groups is 4. The monoisotopic (exact) mass is 519 g/mol. The third-order valence-corrected chi connectivity index (χ3v) is 6.38. The summed E-state index contributed by atoms with van der Waals surface area (Å²) in [5.74, 6) is -2.74. The molecule has 1 aromatic rings. The predicted octanol–water partition coefficient (Wildman–Crippen LogP) is 1.32. The summed E-state index contributed by atoms with van der Waals surface area (Å²) in [6.45, 7) is 7.97. The molecule has 0 aliphatic heterocycles. The number of carboxylic acids is 1. The van der Waals surface area contributed by atoms with Gasteiger partial charge >= 0.3 is 5.97 Å². The first-order valence-electron chi connectivity index (χ1n) is 13.1.